The molecule has 19 heavy (non-hydrogen) atoms. The second-order valence-electron chi connectivity index (χ2n) is 4.61. The lowest BCUT2D eigenvalue weighted by molar-refractivity contribution is 0.222. The van der Waals surface area contributed by atoms with Crippen molar-refractivity contribution in [3.8, 4) is 0 Å². The van der Waals surface area contributed by atoms with Crippen LogP contribution >= 0.6 is 22.9 Å². The molecule has 3 aromatic rings. The van der Waals surface area contributed by atoms with Crippen LogP contribution < -0.4 is 0 Å². The quantitative estimate of drug-likeness (QED) is 0.708. The van der Waals surface area contributed by atoms with Gasteiger partial charge in [0.25, 0.3) is 0 Å². The van der Waals surface area contributed by atoms with Crippen molar-refractivity contribution in [3.63, 3.8) is 0 Å². The monoisotopic (exact) mass is 288 g/mol. The fourth-order valence-corrected chi connectivity index (χ4v) is 3.53. The first kappa shape index (κ1) is 12.7. The van der Waals surface area contributed by atoms with Crippen LogP contribution in [0.2, 0.25) is 5.02 Å². The lowest BCUT2D eigenvalue weighted by Gasteiger charge is -2.14. The molecule has 0 bridgehead atoms. The molecule has 2 aromatic carbocycles. The van der Waals surface area contributed by atoms with Crippen molar-refractivity contribution in [1.29, 1.82) is 0 Å². The molecule has 1 unspecified atom stereocenters. The smallest absolute Gasteiger partial charge is 0.107 e. The third-order valence-corrected chi connectivity index (χ3v) is 4.56. The summed E-state index contributed by atoms with van der Waals surface area (Å²) in [5.41, 5.74) is 2.77. The van der Waals surface area contributed by atoms with E-state index in [-0.39, 0.29) is 0 Å². The number of aryl methyl sites for hydroxylation is 1. The first-order valence-electron chi connectivity index (χ1n) is 6.07. The van der Waals surface area contributed by atoms with Gasteiger partial charge in [0, 0.05) is 20.8 Å². The number of aliphatic hydroxyl groups excluding tert-OH is 1. The topological polar surface area (TPSA) is 20.2 Å². The van der Waals surface area contributed by atoms with Crippen LogP contribution in [0.3, 0.4) is 0 Å². The van der Waals surface area contributed by atoms with Gasteiger partial charge in [-0.05, 0) is 35.4 Å². The molecule has 96 valence electrons. The number of rotatable bonds is 2. The molecule has 0 aliphatic carbocycles. The average Bonchev–Trinajstić information content (AvgIpc) is 2.86. The highest BCUT2D eigenvalue weighted by molar-refractivity contribution is 7.17. The minimum absolute atomic E-state index is 0.612. The van der Waals surface area contributed by atoms with Gasteiger partial charge in [-0.25, -0.2) is 0 Å². The lowest BCUT2D eigenvalue weighted by Crippen LogP contribution is -2.00. The summed E-state index contributed by atoms with van der Waals surface area (Å²) < 4.78 is 1.12. The highest BCUT2D eigenvalue weighted by atomic mass is 35.5. The summed E-state index contributed by atoms with van der Waals surface area (Å²) in [6, 6.07) is 13.8. The van der Waals surface area contributed by atoms with Gasteiger partial charge in [-0.15, -0.1) is 11.3 Å². The molecule has 3 heteroatoms. The van der Waals surface area contributed by atoms with Gasteiger partial charge in [0.05, 0.1) is 0 Å². The zero-order valence-electron chi connectivity index (χ0n) is 10.4. The van der Waals surface area contributed by atoms with Gasteiger partial charge >= 0.3 is 0 Å². The Hall–Kier alpha value is -1.35. The minimum Gasteiger partial charge on any atom is -0.384 e. The Kier molecular flexibility index (Phi) is 3.31. The van der Waals surface area contributed by atoms with Gasteiger partial charge in [0.2, 0.25) is 0 Å². The van der Waals surface area contributed by atoms with Crippen LogP contribution in [0.25, 0.3) is 10.1 Å². The summed E-state index contributed by atoms with van der Waals surface area (Å²) in [7, 11) is 0. The molecule has 0 amide bonds. The minimum atomic E-state index is -0.685. The molecule has 1 N–H and O–H groups in total. The van der Waals surface area contributed by atoms with E-state index in [2.05, 4.69) is 12.1 Å². The molecule has 1 heterocycles. The summed E-state index contributed by atoms with van der Waals surface area (Å²) in [4.78, 5) is 0. The molecule has 0 spiro atoms. The van der Waals surface area contributed by atoms with Gasteiger partial charge < -0.3 is 5.11 Å². The van der Waals surface area contributed by atoms with Crippen LogP contribution in [-0.4, -0.2) is 5.11 Å². The molecule has 0 aliphatic heterocycles. The molecule has 0 saturated heterocycles. The maximum absolute atomic E-state index is 10.6. The van der Waals surface area contributed by atoms with E-state index in [1.54, 1.807) is 11.3 Å². The SMILES string of the molecule is Cc1ccc(C(O)c2cccc3ccsc23)c(Cl)c1. The molecule has 0 saturated carbocycles. The van der Waals surface area contributed by atoms with Crippen LogP contribution in [0.4, 0.5) is 0 Å². The van der Waals surface area contributed by atoms with Gasteiger partial charge in [0.15, 0.2) is 0 Å². The van der Waals surface area contributed by atoms with E-state index < -0.39 is 6.10 Å². The van der Waals surface area contributed by atoms with Gasteiger partial charge in [-0.3, -0.25) is 0 Å². The summed E-state index contributed by atoms with van der Waals surface area (Å²) in [6.45, 7) is 1.99. The van der Waals surface area contributed by atoms with E-state index in [9.17, 15) is 5.11 Å². The molecule has 1 atom stereocenters. The van der Waals surface area contributed by atoms with Gasteiger partial charge in [-0.2, -0.15) is 0 Å². The van der Waals surface area contributed by atoms with E-state index in [4.69, 9.17) is 11.6 Å². The first-order chi connectivity index (χ1) is 9.16. The van der Waals surface area contributed by atoms with Gasteiger partial charge in [-0.1, -0.05) is 41.9 Å². The zero-order valence-corrected chi connectivity index (χ0v) is 12.0. The molecule has 3 rings (SSSR count). The zero-order chi connectivity index (χ0) is 13.4. The number of hydrogen-bond donors (Lipinski definition) is 1. The second-order valence-corrected chi connectivity index (χ2v) is 5.94. The standard InChI is InChI=1S/C16H13ClOS/c1-10-5-6-12(14(17)9-10)15(18)13-4-2-3-11-7-8-19-16(11)13/h2-9,15,18H,1H3. The molecular formula is C16H13ClOS. The number of hydrogen-bond acceptors (Lipinski definition) is 2. The first-order valence-corrected chi connectivity index (χ1v) is 7.33. The Morgan fingerprint density at radius 1 is 1.11 bits per heavy atom. The van der Waals surface area contributed by atoms with Crippen molar-refractivity contribution in [1.82, 2.24) is 0 Å². The van der Waals surface area contributed by atoms with Crippen molar-refractivity contribution in [2.75, 3.05) is 0 Å². The van der Waals surface area contributed by atoms with Crippen LogP contribution in [0, 0.1) is 6.92 Å². The van der Waals surface area contributed by atoms with Crippen LogP contribution in [-0.2, 0) is 0 Å². The Labute approximate surface area is 121 Å². The highest BCUT2D eigenvalue weighted by Gasteiger charge is 2.16. The molecule has 0 radical (unpaired) electrons. The Morgan fingerprint density at radius 3 is 2.74 bits per heavy atom. The van der Waals surface area contributed by atoms with Crippen LogP contribution in [0.5, 0.6) is 0 Å². The predicted octanol–water partition coefficient (Wildman–Crippen LogP) is 4.94. The van der Waals surface area contributed by atoms with Crippen molar-refractivity contribution >= 4 is 33.0 Å². The maximum Gasteiger partial charge on any atom is 0.107 e. The van der Waals surface area contributed by atoms with Crippen molar-refractivity contribution < 1.29 is 5.11 Å². The average molecular weight is 289 g/mol. The largest absolute Gasteiger partial charge is 0.384 e. The lowest BCUT2D eigenvalue weighted by atomic mass is 9.99. The Morgan fingerprint density at radius 2 is 1.95 bits per heavy atom. The van der Waals surface area contributed by atoms with E-state index in [0.717, 1.165) is 26.8 Å². The number of halogens is 1. The fourth-order valence-electron chi connectivity index (χ4n) is 2.25. The van der Waals surface area contributed by atoms with Crippen LogP contribution in [0.15, 0.2) is 47.8 Å². The van der Waals surface area contributed by atoms with E-state index in [1.165, 1.54) is 0 Å². The molecule has 1 nitrogen and oxygen atoms in total. The molecular weight excluding hydrogens is 276 g/mol. The van der Waals surface area contributed by atoms with E-state index in [1.807, 2.05) is 42.6 Å². The van der Waals surface area contributed by atoms with E-state index in [0.29, 0.717) is 5.02 Å². The number of aliphatic hydroxyl groups is 1. The maximum atomic E-state index is 10.6. The number of benzene rings is 2. The Balaban J connectivity index is 2.13. The summed E-state index contributed by atoms with van der Waals surface area (Å²) in [5.74, 6) is 0. The number of fused-ring (bicyclic) bond motifs is 1. The van der Waals surface area contributed by atoms with Gasteiger partial charge in [0.1, 0.15) is 6.10 Å². The third-order valence-electron chi connectivity index (χ3n) is 3.25. The van der Waals surface area contributed by atoms with Crippen LogP contribution in [0.1, 0.15) is 22.8 Å². The van der Waals surface area contributed by atoms with Crippen molar-refractivity contribution in [3.05, 3.63) is 69.6 Å². The predicted molar refractivity (Wildman–Crippen MR) is 82.1 cm³/mol. The molecule has 1 aromatic heterocycles. The summed E-state index contributed by atoms with van der Waals surface area (Å²) in [6.07, 6.45) is -0.685. The second kappa shape index (κ2) is 4.97. The highest BCUT2D eigenvalue weighted by Crippen LogP contribution is 2.35. The summed E-state index contributed by atoms with van der Waals surface area (Å²) >= 11 is 7.89. The van der Waals surface area contributed by atoms with E-state index >= 15 is 0 Å². The fraction of sp³-hybridized carbons (Fsp3) is 0.125. The molecule has 0 aliphatic rings. The number of thiophene rings is 1. The van der Waals surface area contributed by atoms with Crippen molar-refractivity contribution in [2.24, 2.45) is 0 Å². The van der Waals surface area contributed by atoms with Crippen molar-refractivity contribution in [2.45, 2.75) is 13.0 Å². The third kappa shape index (κ3) is 2.27. The molecule has 0 fully saturated rings. The Bertz CT molecular complexity index is 732. The normalized spacial score (nSPS) is 12.8. The summed E-state index contributed by atoms with van der Waals surface area (Å²) in [5, 5.41) is 14.4.